The molecule has 2 N–H and O–H groups in total. The molecule has 0 radical (unpaired) electrons. The van der Waals surface area contributed by atoms with Crippen molar-refractivity contribution in [1.82, 2.24) is 20.5 Å². The maximum atomic E-state index is 12.6. The first-order valence-corrected chi connectivity index (χ1v) is 9.36. The maximum Gasteiger partial charge on any atom is 0.230 e. The number of carbonyl (C=O) groups excluding carboxylic acids is 1. The lowest BCUT2D eigenvalue weighted by atomic mass is 9.84. The molecule has 1 aromatic heterocycles. The van der Waals surface area contributed by atoms with Gasteiger partial charge >= 0.3 is 0 Å². The Bertz CT molecular complexity index is 581. The lowest BCUT2D eigenvalue weighted by molar-refractivity contribution is -0.138. The van der Waals surface area contributed by atoms with Crippen LogP contribution in [0.4, 0.5) is 0 Å². The van der Waals surface area contributed by atoms with Gasteiger partial charge in [-0.05, 0) is 19.8 Å². The van der Waals surface area contributed by atoms with E-state index in [1.165, 1.54) is 4.88 Å². The fourth-order valence-corrected chi connectivity index (χ4v) is 4.06. The van der Waals surface area contributed by atoms with E-state index in [0.29, 0.717) is 6.54 Å². The van der Waals surface area contributed by atoms with Crippen LogP contribution in [-0.2, 0) is 11.2 Å². The first kappa shape index (κ1) is 22.1. The fourth-order valence-electron chi connectivity index (χ4n) is 3.27. The summed E-state index contributed by atoms with van der Waals surface area (Å²) in [7, 11) is 5.44. The third-order valence-electron chi connectivity index (χ3n) is 4.54. The first-order valence-electron chi connectivity index (χ1n) is 8.54. The van der Waals surface area contributed by atoms with Gasteiger partial charge in [-0.2, -0.15) is 0 Å². The Morgan fingerprint density at radius 1 is 1.36 bits per heavy atom. The van der Waals surface area contributed by atoms with Crippen LogP contribution in [0.5, 0.6) is 0 Å². The van der Waals surface area contributed by atoms with Gasteiger partial charge in [0.05, 0.1) is 10.4 Å². The second-order valence-corrected chi connectivity index (χ2v) is 7.97. The lowest BCUT2D eigenvalue weighted by Gasteiger charge is -2.31. The van der Waals surface area contributed by atoms with Gasteiger partial charge in [-0.1, -0.05) is 12.8 Å². The number of aryl methyl sites for hydroxylation is 1. The molecule has 0 unspecified atom stereocenters. The van der Waals surface area contributed by atoms with E-state index in [0.717, 1.165) is 49.6 Å². The van der Waals surface area contributed by atoms with Gasteiger partial charge in [0.1, 0.15) is 0 Å². The minimum absolute atomic E-state index is 0. The minimum Gasteiger partial charge on any atom is -0.356 e. The summed E-state index contributed by atoms with van der Waals surface area (Å²) in [4.78, 5) is 24.2. The van der Waals surface area contributed by atoms with Crippen molar-refractivity contribution >= 4 is 47.2 Å². The zero-order valence-corrected chi connectivity index (χ0v) is 18.7. The lowest BCUT2D eigenvalue weighted by Crippen LogP contribution is -2.49. The van der Waals surface area contributed by atoms with Crippen LogP contribution in [0.2, 0.25) is 0 Å². The Morgan fingerprint density at radius 3 is 2.56 bits per heavy atom. The molecule has 1 heterocycles. The number of rotatable bonds is 6. The number of amides is 1. The topological polar surface area (TPSA) is 69.6 Å². The Labute approximate surface area is 171 Å². The third-order valence-corrected chi connectivity index (χ3v) is 5.51. The van der Waals surface area contributed by atoms with Crippen LogP contribution in [0, 0.1) is 12.3 Å². The summed E-state index contributed by atoms with van der Waals surface area (Å²) in [5.74, 6) is 0.974. The smallest absolute Gasteiger partial charge is 0.230 e. The van der Waals surface area contributed by atoms with Crippen LogP contribution in [0.15, 0.2) is 11.2 Å². The predicted molar refractivity (Wildman–Crippen MR) is 115 cm³/mol. The number of halogens is 1. The molecule has 0 bridgehead atoms. The van der Waals surface area contributed by atoms with Gasteiger partial charge in [-0.15, -0.1) is 35.3 Å². The molecule has 1 saturated carbocycles. The molecule has 0 spiro atoms. The molecule has 2 rings (SSSR count). The number of aromatic nitrogens is 1. The molecule has 0 aliphatic heterocycles. The van der Waals surface area contributed by atoms with Gasteiger partial charge in [-0.25, -0.2) is 4.98 Å². The highest BCUT2D eigenvalue weighted by atomic mass is 127. The van der Waals surface area contributed by atoms with Crippen molar-refractivity contribution in [3.8, 4) is 0 Å². The van der Waals surface area contributed by atoms with Gasteiger partial charge in [0, 0.05) is 51.7 Å². The number of nitrogens with one attached hydrogen (secondary N) is 2. The number of hydrogen-bond acceptors (Lipinski definition) is 4. The molecule has 0 atom stereocenters. The van der Waals surface area contributed by atoms with Crippen LogP contribution in [0.25, 0.3) is 0 Å². The summed E-state index contributed by atoms with van der Waals surface area (Å²) in [6, 6.07) is 0. The third kappa shape index (κ3) is 6.09. The molecule has 1 aliphatic rings. The zero-order chi connectivity index (χ0) is 17.6. The van der Waals surface area contributed by atoms with E-state index in [2.05, 4.69) is 27.5 Å². The van der Waals surface area contributed by atoms with E-state index in [-0.39, 0.29) is 35.3 Å². The van der Waals surface area contributed by atoms with Crippen molar-refractivity contribution in [1.29, 1.82) is 0 Å². The number of nitrogens with zero attached hydrogens (tertiary/aromatic N) is 3. The standard InChI is InChI=1S/C17H29N5OS.HI/c1-13-11-20-14(24-13)7-10-19-16(18-2)21-12-17(8-5-6-9-17)15(23)22(3)4;/h11H,5-10,12H2,1-4H3,(H2,18,19,21);1H. The molecule has 8 heteroatoms. The summed E-state index contributed by atoms with van der Waals surface area (Å²) < 4.78 is 0. The SMILES string of the molecule is CN=C(NCCc1ncc(C)s1)NCC1(C(=O)N(C)C)CCCC1.I. The Balaban J connectivity index is 0.00000312. The highest BCUT2D eigenvalue weighted by Crippen LogP contribution is 2.38. The van der Waals surface area contributed by atoms with Gasteiger partial charge < -0.3 is 15.5 Å². The van der Waals surface area contributed by atoms with Gasteiger partial charge in [-0.3, -0.25) is 9.79 Å². The highest BCUT2D eigenvalue weighted by Gasteiger charge is 2.42. The predicted octanol–water partition coefficient (Wildman–Crippen LogP) is 2.43. The van der Waals surface area contributed by atoms with Crippen molar-refractivity contribution < 1.29 is 4.79 Å². The monoisotopic (exact) mass is 479 g/mol. The van der Waals surface area contributed by atoms with E-state index in [4.69, 9.17) is 0 Å². The Hall–Kier alpha value is -0.900. The number of guanidine groups is 1. The molecule has 142 valence electrons. The Morgan fingerprint density at radius 2 is 2.04 bits per heavy atom. The van der Waals surface area contributed by atoms with Crippen molar-refractivity contribution in [2.45, 2.75) is 39.0 Å². The summed E-state index contributed by atoms with van der Waals surface area (Å²) in [5, 5.41) is 7.80. The van der Waals surface area contributed by atoms with E-state index in [1.807, 2.05) is 20.3 Å². The molecular formula is C17H30IN5OS. The zero-order valence-electron chi connectivity index (χ0n) is 15.6. The molecule has 1 fully saturated rings. The summed E-state index contributed by atoms with van der Waals surface area (Å²) in [6.45, 7) is 3.49. The van der Waals surface area contributed by atoms with Crippen molar-refractivity contribution in [3.05, 3.63) is 16.1 Å². The molecule has 0 saturated heterocycles. The Kier molecular flexibility index (Phi) is 9.12. The van der Waals surface area contributed by atoms with E-state index >= 15 is 0 Å². The molecule has 1 aliphatic carbocycles. The molecule has 25 heavy (non-hydrogen) atoms. The van der Waals surface area contributed by atoms with E-state index < -0.39 is 0 Å². The first-order chi connectivity index (χ1) is 11.5. The van der Waals surface area contributed by atoms with Crippen molar-refractivity contribution in [3.63, 3.8) is 0 Å². The number of hydrogen-bond donors (Lipinski definition) is 2. The largest absolute Gasteiger partial charge is 0.356 e. The second-order valence-electron chi connectivity index (χ2n) is 6.65. The number of aliphatic imine (C=N–C) groups is 1. The van der Waals surface area contributed by atoms with Crippen molar-refractivity contribution in [2.75, 3.05) is 34.2 Å². The van der Waals surface area contributed by atoms with Gasteiger partial charge in [0.25, 0.3) is 0 Å². The van der Waals surface area contributed by atoms with Crippen molar-refractivity contribution in [2.24, 2.45) is 10.4 Å². The molecule has 6 nitrogen and oxygen atoms in total. The van der Waals surface area contributed by atoms with Crippen LogP contribution in [0.1, 0.15) is 35.6 Å². The highest BCUT2D eigenvalue weighted by molar-refractivity contribution is 14.0. The average Bonchev–Trinajstić information content (AvgIpc) is 3.19. The molecular weight excluding hydrogens is 449 g/mol. The van der Waals surface area contributed by atoms with E-state index in [9.17, 15) is 4.79 Å². The molecule has 0 aromatic carbocycles. The normalized spacial score (nSPS) is 16.2. The molecule has 1 amide bonds. The minimum atomic E-state index is -0.284. The van der Waals surface area contributed by atoms with Gasteiger partial charge in [0.15, 0.2) is 5.96 Å². The quantitative estimate of drug-likeness (QED) is 0.374. The second kappa shape index (κ2) is 10.3. The number of thiazole rings is 1. The average molecular weight is 479 g/mol. The van der Waals surface area contributed by atoms with Crippen LogP contribution >= 0.6 is 35.3 Å². The summed E-state index contributed by atoms with van der Waals surface area (Å²) >= 11 is 1.73. The van der Waals surface area contributed by atoms with Crippen LogP contribution in [0.3, 0.4) is 0 Å². The molecule has 1 aromatic rings. The summed E-state index contributed by atoms with van der Waals surface area (Å²) in [6.07, 6.45) is 6.93. The maximum absolute atomic E-state index is 12.6. The fraction of sp³-hybridized carbons (Fsp3) is 0.706. The van der Waals surface area contributed by atoms with Gasteiger partial charge in [0.2, 0.25) is 5.91 Å². The van der Waals surface area contributed by atoms with Crippen LogP contribution in [-0.4, -0.2) is 56.0 Å². The van der Waals surface area contributed by atoms with Crippen LogP contribution < -0.4 is 10.6 Å². The van der Waals surface area contributed by atoms with E-state index in [1.54, 1.807) is 23.3 Å². The number of carbonyl (C=O) groups is 1. The summed E-state index contributed by atoms with van der Waals surface area (Å²) in [5.41, 5.74) is -0.284.